The summed E-state index contributed by atoms with van der Waals surface area (Å²) in [6.07, 6.45) is 2.19. The van der Waals surface area contributed by atoms with Gasteiger partial charge < -0.3 is 9.47 Å². The molecule has 4 rings (SSSR count). The van der Waals surface area contributed by atoms with Crippen LogP contribution in [0.25, 0.3) is 22.3 Å². The Balaban J connectivity index is 1.70. The van der Waals surface area contributed by atoms with Crippen molar-refractivity contribution in [3.8, 4) is 33.8 Å². The van der Waals surface area contributed by atoms with Crippen molar-refractivity contribution in [1.82, 2.24) is 0 Å². The van der Waals surface area contributed by atoms with Crippen molar-refractivity contribution in [2.24, 2.45) is 0 Å². The minimum absolute atomic E-state index is 0.294. The topological polar surface area (TPSA) is 18.5 Å². The van der Waals surface area contributed by atoms with Gasteiger partial charge in [-0.1, -0.05) is 48.5 Å². The third-order valence-electron chi connectivity index (χ3n) is 4.57. The van der Waals surface area contributed by atoms with Crippen LogP contribution in [0.5, 0.6) is 11.5 Å². The zero-order valence-corrected chi connectivity index (χ0v) is 16.6. The Hall–Kier alpha value is -2.10. The van der Waals surface area contributed by atoms with Gasteiger partial charge in [0.2, 0.25) is 6.79 Å². The van der Waals surface area contributed by atoms with Crippen molar-refractivity contribution in [3.63, 3.8) is 0 Å². The Morgan fingerprint density at radius 1 is 0.778 bits per heavy atom. The fourth-order valence-corrected chi connectivity index (χ4v) is 4.49. The van der Waals surface area contributed by atoms with E-state index in [1.807, 2.05) is 17.8 Å². The van der Waals surface area contributed by atoms with Crippen LogP contribution in [-0.4, -0.2) is 18.4 Å². The summed E-state index contributed by atoms with van der Waals surface area (Å²) < 4.78 is 11.0. The minimum Gasteiger partial charge on any atom is -0.454 e. The Morgan fingerprint density at radius 2 is 1.52 bits per heavy atom. The highest BCUT2D eigenvalue weighted by molar-refractivity contribution is 7.99. The summed E-state index contributed by atoms with van der Waals surface area (Å²) in [4.78, 5) is 1.31. The fourth-order valence-electron chi connectivity index (χ4n) is 3.23. The number of unbranched alkanes of at least 4 members (excludes halogenated alkanes) is 1. The summed E-state index contributed by atoms with van der Waals surface area (Å²) in [7, 11) is 0. The third kappa shape index (κ3) is 4.10. The Kier molecular flexibility index (Phi) is 5.90. The predicted octanol–water partition coefficient (Wildman–Crippen LogP) is 6.86. The van der Waals surface area contributed by atoms with E-state index in [4.69, 9.17) is 21.1 Å². The third-order valence-corrected chi connectivity index (χ3v) is 6.00. The Bertz CT molecular complexity index is 926. The van der Waals surface area contributed by atoms with E-state index in [2.05, 4.69) is 60.7 Å². The molecule has 4 heteroatoms. The van der Waals surface area contributed by atoms with Gasteiger partial charge in [0.15, 0.2) is 11.5 Å². The van der Waals surface area contributed by atoms with E-state index in [1.165, 1.54) is 21.6 Å². The summed E-state index contributed by atoms with van der Waals surface area (Å²) in [5.74, 6) is 3.43. The molecular formula is C23H21ClO2S. The zero-order valence-electron chi connectivity index (χ0n) is 15.0. The van der Waals surface area contributed by atoms with Crippen LogP contribution in [0, 0.1) is 0 Å². The lowest BCUT2D eigenvalue weighted by molar-refractivity contribution is 0.174. The molecule has 3 aromatic rings. The molecule has 1 heterocycles. The number of fused-ring (bicyclic) bond motifs is 1. The number of alkyl halides is 1. The quantitative estimate of drug-likeness (QED) is 0.247. The molecule has 1 aliphatic heterocycles. The molecule has 0 atom stereocenters. The highest BCUT2D eigenvalue weighted by Crippen LogP contribution is 2.41. The van der Waals surface area contributed by atoms with E-state index < -0.39 is 0 Å². The largest absolute Gasteiger partial charge is 0.454 e. The number of benzene rings is 3. The first kappa shape index (κ1) is 18.3. The molecule has 1 aliphatic rings. The van der Waals surface area contributed by atoms with E-state index in [-0.39, 0.29) is 0 Å². The molecule has 0 aromatic heterocycles. The van der Waals surface area contributed by atoms with Crippen LogP contribution in [0.15, 0.2) is 71.6 Å². The number of thioether (sulfide) groups is 1. The number of halogens is 1. The molecule has 0 unspecified atom stereocenters. The first-order valence-electron chi connectivity index (χ1n) is 9.14. The van der Waals surface area contributed by atoms with Crippen molar-refractivity contribution in [3.05, 3.63) is 66.7 Å². The van der Waals surface area contributed by atoms with Gasteiger partial charge in [-0.05, 0) is 59.0 Å². The van der Waals surface area contributed by atoms with Crippen LogP contribution in [0.2, 0.25) is 0 Å². The number of ether oxygens (including phenoxy) is 2. The minimum atomic E-state index is 0.294. The predicted molar refractivity (Wildman–Crippen MR) is 114 cm³/mol. The van der Waals surface area contributed by atoms with Crippen LogP contribution in [-0.2, 0) is 0 Å². The van der Waals surface area contributed by atoms with Crippen molar-refractivity contribution in [2.45, 2.75) is 17.7 Å². The lowest BCUT2D eigenvalue weighted by Gasteiger charge is -2.14. The van der Waals surface area contributed by atoms with E-state index in [1.54, 1.807) is 0 Å². The molecule has 0 aliphatic carbocycles. The second-order valence-corrected chi connectivity index (χ2v) is 7.87. The maximum absolute atomic E-state index is 5.81. The maximum atomic E-state index is 5.81. The Morgan fingerprint density at radius 3 is 2.37 bits per heavy atom. The lowest BCUT2D eigenvalue weighted by Crippen LogP contribution is -1.92. The van der Waals surface area contributed by atoms with Gasteiger partial charge in [0.05, 0.1) is 0 Å². The molecule has 2 nitrogen and oxygen atoms in total. The SMILES string of the molecule is ClCCCCSc1ccccc1-c1ccccc1-c1ccc2c(c1)OCO2. The molecule has 0 N–H and O–H groups in total. The summed E-state index contributed by atoms with van der Waals surface area (Å²) in [6, 6.07) is 23.3. The molecule has 27 heavy (non-hydrogen) atoms. The van der Waals surface area contributed by atoms with Gasteiger partial charge in [-0.3, -0.25) is 0 Å². The lowest BCUT2D eigenvalue weighted by atomic mass is 9.94. The number of hydrogen-bond acceptors (Lipinski definition) is 3. The molecule has 0 bridgehead atoms. The summed E-state index contributed by atoms with van der Waals surface area (Å²) >= 11 is 7.71. The zero-order chi connectivity index (χ0) is 18.5. The first-order chi connectivity index (χ1) is 13.4. The molecule has 0 radical (unpaired) electrons. The average Bonchev–Trinajstić information content (AvgIpc) is 3.19. The van der Waals surface area contributed by atoms with Crippen LogP contribution in [0.1, 0.15) is 12.8 Å². The molecule has 0 saturated carbocycles. The maximum Gasteiger partial charge on any atom is 0.231 e. The van der Waals surface area contributed by atoms with Gasteiger partial charge in [-0.25, -0.2) is 0 Å². The molecule has 0 saturated heterocycles. The second-order valence-electron chi connectivity index (χ2n) is 6.35. The monoisotopic (exact) mass is 396 g/mol. The molecular weight excluding hydrogens is 376 g/mol. The van der Waals surface area contributed by atoms with Crippen molar-refractivity contribution in [2.75, 3.05) is 18.4 Å². The van der Waals surface area contributed by atoms with E-state index >= 15 is 0 Å². The van der Waals surface area contributed by atoms with Crippen molar-refractivity contribution in [1.29, 1.82) is 0 Å². The van der Waals surface area contributed by atoms with Gasteiger partial charge in [-0.15, -0.1) is 23.4 Å². The number of rotatable bonds is 7. The van der Waals surface area contributed by atoms with Crippen LogP contribution in [0.4, 0.5) is 0 Å². The average molecular weight is 397 g/mol. The van der Waals surface area contributed by atoms with Gasteiger partial charge >= 0.3 is 0 Å². The van der Waals surface area contributed by atoms with Gasteiger partial charge in [0.25, 0.3) is 0 Å². The summed E-state index contributed by atoms with van der Waals surface area (Å²) in [5, 5.41) is 0. The van der Waals surface area contributed by atoms with Crippen molar-refractivity contribution >= 4 is 23.4 Å². The molecule has 3 aromatic carbocycles. The smallest absolute Gasteiger partial charge is 0.231 e. The molecule has 0 amide bonds. The second kappa shape index (κ2) is 8.73. The summed E-state index contributed by atoms with van der Waals surface area (Å²) in [5.41, 5.74) is 4.83. The van der Waals surface area contributed by atoms with Crippen LogP contribution < -0.4 is 9.47 Å². The molecule has 0 fully saturated rings. The molecule has 0 spiro atoms. The highest BCUT2D eigenvalue weighted by Gasteiger charge is 2.16. The van der Waals surface area contributed by atoms with Gasteiger partial charge in [-0.2, -0.15) is 0 Å². The van der Waals surface area contributed by atoms with Gasteiger partial charge in [0, 0.05) is 10.8 Å². The summed E-state index contributed by atoms with van der Waals surface area (Å²) in [6.45, 7) is 0.294. The number of hydrogen-bond donors (Lipinski definition) is 0. The van der Waals surface area contributed by atoms with E-state index in [9.17, 15) is 0 Å². The van der Waals surface area contributed by atoms with Crippen LogP contribution in [0.3, 0.4) is 0 Å². The van der Waals surface area contributed by atoms with Crippen LogP contribution >= 0.6 is 23.4 Å². The highest BCUT2D eigenvalue weighted by atomic mass is 35.5. The van der Waals surface area contributed by atoms with E-state index in [0.29, 0.717) is 6.79 Å². The normalized spacial score (nSPS) is 12.3. The Labute approximate surface area is 169 Å². The fraction of sp³-hybridized carbons (Fsp3) is 0.217. The first-order valence-corrected chi connectivity index (χ1v) is 10.7. The van der Waals surface area contributed by atoms with E-state index in [0.717, 1.165) is 41.5 Å². The standard InChI is InChI=1S/C23H21ClO2S/c24-13-5-6-14-27-23-10-4-3-9-20(23)19-8-2-1-7-18(19)17-11-12-21-22(15-17)26-16-25-21/h1-4,7-12,15H,5-6,13-14,16H2. The van der Waals surface area contributed by atoms with Crippen molar-refractivity contribution < 1.29 is 9.47 Å². The molecule has 138 valence electrons. The van der Waals surface area contributed by atoms with Gasteiger partial charge in [0.1, 0.15) is 0 Å².